The van der Waals surface area contributed by atoms with Crippen LogP contribution in [0.3, 0.4) is 0 Å². The molecule has 0 amide bonds. The summed E-state index contributed by atoms with van der Waals surface area (Å²) < 4.78 is 7.36. The zero-order valence-electron chi connectivity index (χ0n) is 15.1. The number of fused-ring (bicyclic) bond motifs is 1. The first kappa shape index (κ1) is 18.2. The van der Waals surface area contributed by atoms with Gasteiger partial charge in [0, 0.05) is 17.8 Å². The van der Waals surface area contributed by atoms with Crippen LogP contribution in [0.1, 0.15) is 15.9 Å². The van der Waals surface area contributed by atoms with Crippen molar-refractivity contribution in [3.8, 4) is 17.0 Å². The van der Waals surface area contributed by atoms with Crippen LogP contribution in [0.4, 0.5) is 5.69 Å². The molecule has 1 N–H and O–H groups in total. The van der Waals surface area contributed by atoms with Crippen LogP contribution in [0.15, 0.2) is 73.1 Å². The Morgan fingerprint density at radius 3 is 2.41 bits per heavy atom. The van der Waals surface area contributed by atoms with Gasteiger partial charge in [-0.1, -0.05) is 12.1 Å². The molecule has 4 aromatic rings. The van der Waals surface area contributed by atoms with E-state index in [1.165, 1.54) is 24.4 Å². The van der Waals surface area contributed by atoms with E-state index in [1.807, 2.05) is 24.3 Å². The maximum atomic E-state index is 10.9. The van der Waals surface area contributed by atoms with E-state index in [4.69, 9.17) is 9.84 Å². The fourth-order valence-electron chi connectivity index (χ4n) is 2.86. The molecule has 4 rings (SSSR count). The van der Waals surface area contributed by atoms with Crippen molar-refractivity contribution in [1.29, 1.82) is 0 Å². The molecule has 0 saturated heterocycles. The largest absolute Gasteiger partial charge is 0.489 e. The maximum absolute atomic E-state index is 10.9. The molecule has 0 aliphatic rings. The number of carboxylic acids is 1. The van der Waals surface area contributed by atoms with Gasteiger partial charge in [-0.25, -0.2) is 9.78 Å². The molecule has 144 valence electrons. The van der Waals surface area contributed by atoms with Crippen LogP contribution in [-0.4, -0.2) is 25.4 Å². The molecule has 0 aliphatic carbocycles. The van der Waals surface area contributed by atoms with Crippen molar-refractivity contribution in [2.75, 3.05) is 0 Å². The van der Waals surface area contributed by atoms with Crippen molar-refractivity contribution < 1.29 is 19.6 Å². The zero-order valence-corrected chi connectivity index (χ0v) is 15.1. The number of carboxylic acid groups (broad SMARTS) is 1. The summed E-state index contributed by atoms with van der Waals surface area (Å²) in [5.41, 5.74) is 3.27. The average molecular weight is 389 g/mol. The number of aromatic nitrogens is 2. The number of carbonyl (C=O) groups is 1. The molecular formula is C21H15N3O5. The normalized spacial score (nSPS) is 10.8. The van der Waals surface area contributed by atoms with Gasteiger partial charge in [0.1, 0.15) is 18.0 Å². The minimum absolute atomic E-state index is 0.00147. The number of hydrogen-bond acceptors (Lipinski definition) is 5. The van der Waals surface area contributed by atoms with Gasteiger partial charge in [0.15, 0.2) is 0 Å². The van der Waals surface area contributed by atoms with E-state index < -0.39 is 10.9 Å². The third-order valence-corrected chi connectivity index (χ3v) is 4.40. The van der Waals surface area contributed by atoms with Gasteiger partial charge >= 0.3 is 5.97 Å². The predicted molar refractivity (Wildman–Crippen MR) is 105 cm³/mol. The third-order valence-electron chi connectivity index (χ3n) is 4.40. The van der Waals surface area contributed by atoms with E-state index >= 15 is 0 Å². The number of ether oxygens (including phenoxy) is 1. The lowest BCUT2D eigenvalue weighted by Crippen LogP contribution is -1.98. The van der Waals surface area contributed by atoms with Gasteiger partial charge in [0.05, 0.1) is 22.4 Å². The Balaban J connectivity index is 1.46. The monoisotopic (exact) mass is 389 g/mol. The van der Waals surface area contributed by atoms with Crippen LogP contribution in [0, 0.1) is 10.1 Å². The highest BCUT2D eigenvalue weighted by atomic mass is 16.6. The number of imidazole rings is 1. The molecule has 0 atom stereocenters. The second-order valence-electron chi connectivity index (χ2n) is 6.35. The second kappa shape index (κ2) is 7.43. The first-order valence-corrected chi connectivity index (χ1v) is 8.68. The van der Waals surface area contributed by atoms with E-state index in [-0.39, 0.29) is 11.3 Å². The number of benzene rings is 2. The molecule has 0 fully saturated rings. The van der Waals surface area contributed by atoms with E-state index in [9.17, 15) is 14.9 Å². The number of rotatable bonds is 6. The molecule has 0 aliphatic heterocycles. The predicted octanol–water partition coefficient (Wildman–Crippen LogP) is 4.19. The molecule has 8 nitrogen and oxygen atoms in total. The van der Waals surface area contributed by atoms with Gasteiger partial charge < -0.3 is 9.84 Å². The number of pyridine rings is 1. The minimum atomic E-state index is -0.963. The lowest BCUT2D eigenvalue weighted by atomic mass is 10.1. The number of nitrogens with zero attached hydrogens (tertiary/aromatic N) is 3. The van der Waals surface area contributed by atoms with E-state index in [0.29, 0.717) is 23.7 Å². The highest BCUT2D eigenvalue weighted by Gasteiger charge is 2.10. The summed E-state index contributed by atoms with van der Waals surface area (Å²) in [6.07, 6.45) is 3.17. The van der Waals surface area contributed by atoms with Crippen molar-refractivity contribution in [3.05, 3.63) is 94.3 Å². The second-order valence-corrected chi connectivity index (χ2v) is 6.35. The Morgan fingerprint density at radius 1 is 1.03 bits per heavy atom. The molecule has 29 heavy (non-hydrogen) atoms. The fourth-order valence-corrected chi connectivity index (χ4v) is 2.86. The Hall–Kier alpha value is -4.20. The number of hydrogen-bond donors (Lipinski definition) is 1. The first-order chi connectivity index (χ1) is 14.0. The topological polar surface area (TPSA) is 107 Å². The fraction of sp³-hybridized carbons (Fsp3) is 0.0476. The standard InChI is InChI=1S/C21H15N3O5/c25-21(26)16-3-1-14(2-4-16)13-29-18-8-5-15(6-9-18)19-12-23-11-17(24(27)28)7-10-20(23)22-19/h1-12H,13H2,(H,25,26). The van der Waals surface area contributed by atoms with Gasteiger partial charge in [-0.05, 0) is 48.0 Å². The molecule has 0 bridgehead atoms. The van der Waals surface area contributed by atoms with E-state index in [1.54, 1.807) is 28.8 Å². The van der Waals surface area contributed by atoms with E-state index in [0.717, 1.165) is 11.1 Å². The third kappa shape index (κ3) is 3.91. The summed E-state index contributed by atoms with van der Waals surface area (Å²) in [4.78, 5) is 25.8. The van der Waals surface area contributed by atoms with Crippen LogP contribution >= 0.6 is 0 Å². The van der Waals surface area contributed by atoms with Crippen molar-refractivity contribution in [1.82, 2.24) is 9.38 Å². The summed E-state index contributed by atoms with van der Waals surface area (Å²) in [6, 6.07) is 16.9. The zero-order chi connectivity index (χ0) is 20.4. The average Bonchev–Trinajstić information content (AvgIpc) is 3.16. The van der Waals surface area contributed by atoms with Gasteiger partial charge in [0.25, 0.3) is 5.69 Å². The Kier molecular flexibility index (Phi) is 4.66. The lowest BCUT2D eigenvalue weighted by Gasteiger charge is -2.07. The Bertz CT molecular complexity index is 1200. The molecule has 0 spiro atoms. The van der Waals surface area contributed by atoms with E-state index in [2.05, 4.69) is 4.98 Å². The van der Waals surface area contributed by atoms with Crippen molar-refractivity contribution in [2.24, 2.45) is 0 Å². The molecule has 8 heteroatoms. The molecule has 2 aromatic heterocycles. The highest BCUT2D eigenvalue weighted by Crippen LogP contribution is 2.24. The van der Waals surface area contributed by atoms with Crippen LogP contribution in [0.5, 0.6) is 5.75 Å². The summed E-state index contributed by atoms with van der Waals surface area (Å²) in [6.45, 7) is 0.317. The van der Waals surface area contributed by atoms with Crippen LogP contribution < -0.4 is 4.74 Å². The maximum Gasteiger partial charge on any atom is 0.335 e. The Labute approximate surface area is 164 Å². The summed E-state index contributed by atoms with van der Waals surface area (Å²) in [7, 11) is 0. The van der Waals surface area contributed by atoms with Gasteiger partial charge in [-0.2, -0.15) is 0 Å². The van der Waals surface area contributed by atoms with Gasteiger partial charge in [-0.3, -0.25) is 14.5 Å². The van der Waals surface area contributed by atoms with Gasteiger partial charge in [-0.15, -0.1) is 0 Å². The highest BCUT2D eigenvalue weighted by molar-refractivity contribution is 5.87. The molecule has 0 saturated carbocycles. The molecule has 2 aromatic carbocycles. The van der Waals surface area contributed by atoms with Gasteiger partial charge in [0.2, 0.25) is 0 Å². The molecule has 0 unspecified atom stereocenters. The van der Waals surface area contributed by atoms with Crippen LogP contribution in [0.2, 0.25) is 0 Å². The van der Waals surface area contributed by atoms with Crippen LogP contribution in [0.25, 0.3) is 16.9 Å². The van der Waals surface area contributed by atoms with Crippen molar-refractivity contribution in [3.63, 3.8) is 0 Å². The molecular weight excluding hydrogens is 374 g/mol. The molecule has 2 heterocycles. The van der Waals surface area contributed by atoms with Crippen molar-refractivity contribution in [2.45, 2.75) is 6.61 Å². The SMILES string of the molecule is O=C(O)c1ccc(COc2ccc(-c3cn4cc([N+](=O)[O-])ccc4n3)cc2)cc1. The summed E-state index contributed by atoms with van der Waals surface area (Å²) in [5, 5.41) is 19.8. The number of nitro groups is 1. The number of aromatic carboxylic acids is 1. The summed E-state index contributed by atoms with van der Waals surface area (Å²) >= 11 is 0. The molecule has 0 radical (unpaired) electrons. The Morgan fingerprint density at radius 2 is 1.76 bits per heavy atom. The smallest absolute Gasteiger partial charge is 0.335 e. The first-order valence-electron chi connectivity index (χ1n) is 8.68. The summed E-state index contributed by atoms with van der Waals surface area (Å²) in [5.74, 6) is -0.301. The quantitative estimate of drug-likeness (QED) is 0.391. The minimum Gasteiger partial charge on any atom is -0.489 e. The van der Waals surface area contributed by atoms with Crippen LogP contribution in [-0.2, 0) is 6.61 Å². The van der Waals surface area contributed by atoms with Crippen molar-refractivity contribution >= 4 is 17.3 Å². The lowest BCUT2D eigenvalue weighted by molar-refractivity contribution is -0.385.